The maximum atomic E-state index is 13.9. The molecule has 2 aromatic heterocycles. The Morgan fingerprint density at radius 3 is 3.07 bits per heavy atom. The first kappa shape index (κ1) is 19.1. The Balaban J connectivity index is 1.32. The Bertz CT molecular complexity index is 1270. The van der Waals surface area contributed by atoms with Crippen molar-refractivity contribution in [3.05, 3.63) is 70.0 Å². The lowest BCUT2D eigenvalue weighted by molar-refractivity contribution is 0.119. The number of aliphatic hydroxyl groups is 1. The van der Waals surface area contributed by atoms with Crippen molar-refractivity contribution < 1.29 is 9.50 Å². The van der Waals surface area contributed by atoms with Crippen LogP contribution in [0.3, 0.4) is 0 Å². The molecule has 7 heteroatoms. The van der Waals surface area contributed by atoms with Crippen LogP contribution in [-0.4, -0.2) is 31.7 Å². The third kappa shape index (κ3) is 3.24. The van der Waals surface area contributed by atoms with Gasteiger partial charge in [-0.2, -0.15) is 0 Å². The number of fused-ring (bicyclic) bond motifs is 1. The van der Waals surface area contributed by atoms with Crippen molar-refractivity contribution in [1.82, 2.24) is 19.9 Å². The van der Waals surface area contributed by atoms with Crippen molar-refractivity contribution in [2.24, 2.45) is 0 Å². The lowest BCUT2D eigenvalue weighted by Gasteiger charge is -2.26. The highest BCUT2D eigenvalue weighted by Crippen LogP contribution is 2.30. The molecular weight excluding hydrogens is 383 g/mol. The number of imidazole rings is 1. The summed E-state index contributed by atoms with van der Waals surface area (Å²) in [7, 11) is 0. The molecule has 3 heterocycles. The Morgan fingerprint density at radius 2 is 2.20 bits per heavy atom. The number of aryl methyl sites for hydroxylation is 2. The highest BCUT2D eigenvalue weighted by atomic mass is 19.1. The van der Waals surface area contributed by atoms with E-state index in [1.807, 2.05) is 30.5 Å². The van der Waals surface area contributed by atoms with Gasteiger partial charge in [0.05, 0.1) is 17.1 Å². The van der Waals surface area contributed by atoms with Crippen LogP contribution in [0.15, 0.2) is 47.4 Å². The summed E-state index contributed by atoms with van der Waals surface area (Å²) in [4.78, 5) is 18.3. The van der Waals surface area contributed by atoms with Crippen LogP contribution >= 0.6 is 0 Å². The Morgan fingerprint density at radius 1 is 1.33 bits per heavy atom. The molecule has 5 rings (SSSR count). The first-order valence-electron chi connectivity index (χ1n) is 10.4. The van der Waals surface area contributed by atoms with Crippen LogP contribution in [0.25, 0.3) is 21.9 Å². The van der Waals surface area contributed by atoms with Crippen molar-refractivity contribution in [2.75, 3.05) is 0 Å². The van der Waals surface area contributed by atoms with E-state index in [1.54, 1.807) is 10.6 Å². The molecule has 0 aliphatic carbocycles. The zero-order valence-electron chi connectivity index (χ0n) is 16.8. The molecule has 156 valence electrons. The maximum absolute atomic E-state index is 13.9. The van der Waals surface area contributed by atoms with Crippen LogP contribution in [0, 0.1) is 5.82 Å². The summed E-state index contributed by atoms with van der Waals surface area (Å²) in [5, 5.41) is 15.5. The van der Waals surface area contributed by atoms with Crippen molar-refractivity contribution in [3.8, 4) is 0 Å². The first-order chi connectivity index (χ1) is 14.5. The second-order valence-corrected chi connectivity index (χ2v) is 8.28. The van der Waals surface area contributed by atoms with Crippen LogP contribution in [0.5, 0.6) is 0 Å². The number of nitrogens with one attached hydrogen (secondary N) is 3. The minimum Gasteiger partial charge on any atom is -0.387 e. The number of halogens is 1. The molecule has 0 radical (unpaired) electrons. The van der Waals surface area contributed by atoms with E-state index in [0.717, 1.165) is 45.9 Å². The van der Waals surface area contributed by atoms with Gasteiger partial charge in [-0.1, -0.05) is 12.1 Å². The van der Waals surface area contributed by atoms with Gasteiger partial charge >= 0.3 is 5.69 Å². The summed E-state index contributed by atoms with van der Waals surface area (Å²) in [6.45, 7) is 2.63. The SMILES string of the molecule is CC(CCc1cc(F)cc2cc[nH]c12)NC1CCn2c(=O)[nH]c3cccc(c32)C1O. The van der Waals surface area contributed by atoms with Crippen LogP contribution in [0.1, 0.15) is 37.0 Å². The van der Waals surface area contributed by atoms with Gasteiger partial charge in [0.2, 0.25) is 0 Å². The number of aromatic nitrogens is 3. The fraction of sp³-hybridized carbons (Fsp3) is 0.348. The number of benzene rings is 2. The monoisotopic (exact) mass is 408 g/mol. The first-order valence-corrected chi connectivity index (χ1v) is 10.4. The summed E-state index contributed by atoms with van der Waals surface area (Å²) in [6.07, 6.45) is 3.30. The normalized spacial score (nSPS) is 20.0. The van der Waals surface area contributed by atoms with Gasteiger partial charge in [-0.25, -0.2) is 9.18 Å². The lowest BCUT2D eigenvalue weighted by Crippen LogP contribution is -2.41. The van der Waals surface area contributed by atoms with E-state index < -0.39 is 6.10 Å². The second kappa shape index (κ2) is 7.41. The van der Waals surface area contributed by atoms with Gasteiger partial charge in [0, 0.05) is 41.3 Å². The van der Waals surface area contributed by atoms with Gasteiger partial charge in [-0.05, 0) is 56.0 Å². The van der Waals surface area contributed by atoms with Gasteiger partial charge in [0.15, 0.2) is 0 Å². The number of hydrogen-bond donors (Lipinski definition) is 4. The average Bonchev–Trinajstić information content (AvgIpc) is 3.28. The van der Waals surface area contributed by atoms with Gasteiger partial charge < -0.3 is 20.4 Å². The van der Waals surface area contributed by atoms with Crippen molar-refractivity contribution in [1.29, 1.82) is 0 Å². The number of para-hydroxylation sites is 1. The Hall–Kier alpha value is -2.90. The maximum Gasteiger partial charge on any atom is 0.326 e. The summed E-state index contributed by atoms with van der Waals surface area (Å²) < 4.78 is 15.6. The molecule has 3 atom stereocenters. The second-order valence-electron chi connectivity index (χ2n) is 8.28. The number of nitrogens with zero attached hydrogens (tertiary/aromatic N) is 1. The Kier molecular flexibility index (Phi) is 4.72. The molecule has 3 unspecified atom stereocenters. The minimum atomic E-state index is -0.704. The lowest BCUT2D eigenvalue weighted by atomic mass is 9.98. The largest absolute Gasteiger partial charge is 0.387 e. The molecule has 1 aliphatic heterocycles. The molecule has 2 aromatic carbocycles. The smallest absolute Gasteiger partial charge is 0.326 e. The van der Waals surface area contributed by atoms with Crippen molar-refractivity contribution in [3.63, 3.8) is 0 Å². The predicted octanol–water partition coefficient (Wildman–Crippen LogP) is 3.37. The van der Waals surface area contributed by atoms with E-state index in [2.05, 4.69) is 22.2 Å². The zero-order chi connectivity index (χ0) is 20.8. The third-order valence-corrected chi connectivity index (χ3v) is 6.24. The third-order valence-electron chi connectivity index (χ3n) is 6.24. The van der Waals surface area contributed by atoms with Gasteiger partial charge in [-0.3, -0.25) is 4.57 Å². The molecule has 0 fully saturated rings. The topological polar surface area (TPSA) is 85.8 Å². The molecule has 0 spiro atoms. The summed E-state index contributed by atoms with van der Waals surface area (Å²) in [5.41, 5.74) is 4.11. The van der Waals surface area contributed by atoms with E-state index in [9.17, 15) is 14.3 Å². The van der Waals surface area contributed by atoms with Gasteiger partial charge in [0.25, 0.3) is 0 Å². The molecule has 30 heavy (non-hydrogen) atoms. The molecule has 0 saturated heterocycles. The van der Waals surface area contributed by atoms with Crippen molar-refractivity contribution >= 4 is 21.9 Å². The highest BCUT2D eigenvalue weighted by molar-refractivity contribution is 5.82. The number of aliphatic hydroxyl groups excluding tert-OH is 1. The summed E-state index contributed by atoms with van der Waals surface area (Å²) >= 11 is 0. The zero-order valence-corrected chi connectivity index (χ0v) is 16.8. The summed E-state index contributed by atoms with van der Waals surface area (Å²) in [6, 6.07) is 10.6. The number of aromatic amines is 2. The number of H-pyrrole nitrogens is 2. The molecular formula is C23H25FN4O2. The molecule has 0 amide bonds. The van der Waals surface area contributed by atoms with Crippen LogP contribution in [-0.2, 0) is 13.0 Å². The van der Waals surface area contributed by atoms with E-state index >= 15 is 0 Å². The fourth-order valence-electron chi connectivity index (χ4n) is 4.74. The van der Waals surface area contributed by atoms with Crippen LogP contribution in [0.4, 0.5) is 4.39 Å². The molecule has 4 N–H and O–H groups in total. The van der Waals surface area contributed by atoms with Gasteiger partial charge in [-0.15, -0.1) is 0 Å². The minimum absolute atomic E-state index is 0.118. The van der Waals surface area contributed by atoms with Crippen molar-refractivity contribution in [2.45, 2.75) is 50.9 Å². The number of rotatable bonds is 5. The molecule has 1 aliphatic rings. The van der Waals surface area contributed by atoms with E-state index in [1.165, 1.54) is 6.07 Å². The standard InChI is InChI=1S/C23H25FN4O2/c1-13(5-6-14-11-16(24)12-15-7-9-25-20(14)15)26-19-8-10-28-21-17(22(19)29)3-2-4-18(21)27-23(28)30/h2-4,7,9,11-13,19,22,25-26,29H,5-6,8,10H2,1H3,(H,27,30). The van der Waals surface area contributed by atoms with E-state index in [4.69, 9.17) is 0 Å². The molecule has 0 bridgehead atoms. The van der Waals surface area contributed by atoms with Crippen LogP contribution < -0.4 is 11.0 Å². The van der Waals surface area contributed by atoms with E-state index in [-0.39, 0.29) is 23.6 Å². The van der Waals surface area contributed by atoms with Gasteiger partial charge in [0.1, 0.15) is 5.82 Å². The predicted molar refractivity (Wildman–Crippen MR) is 115 cm³/mol. The molecule has 0 saturated carbocycles. The average molecular weight is 408 g/mol. The quantitative estimate of drug-likeness (QED) is 0.408. The highest BCUT2D eigenvalue weighted by Gasteiger charge is 2.29. The Labute approximate surface area is 172 Å². The molecule has 6 nitrogen and oxygen atoms in total. The van der Waals surface area contributed by atoms with Crippen LogP contribution in [0.2, 0.25) is 0 Å². The number of hydrogen-bond acceptors (Lipinski definition) is 3. The summed E-state index contributed by atoms with van der Waals surface area (Å²) in [5.74, 6) is -0.225. The fourth-order valence-corrected chi connectivity index (χ4v) is 4.74. The van der Waals surface area contributed by atoms with E-state index in [0.29, 0.717) is 13.0 Å². The molecule has 4 aromatic rings.